The van der Waals surface area contributed by atoms with Crippen molar-refractivity contribution in [1.29, 1.82) is 0 Å². The molecule has 15 heavy (non-hydrogen) atoms. The molecule has 3 heteroatoms. The highest BCUT2D eigenvalue weighted by atomic mass is 31.1. The van der Waals surface area contributed by atoms with Gasteiger partial charge in [-0.05, 0) is 0 Å². The molecule has 0 N–H and O–H groups in total. The molecule has 0 heterocycles. The van der Waals surface area contributed by atoms with Crippen LogP contribution in [0.5, 0.6) is 0 Å². The van der Waals surface area contributed by atoms with E-state index in [1.807, 2.05) is 0 Å². The third-order valence-corrected chi connectivity index (χ3v) is 6.00. The van der Waals surface area contributed by atoms with E-state index in [-0.39, 0.29) is 8.22 Å². The molecule has 0 bridgehead atoms. The Labute approximate surface area is 97.9 Å². The number of nitrogens with zero attached hydrogens (tertiary/aromatic N) is 2. The van der Waals surface area contributed by atoms with E-state index in [1.54, 1.807) is 0 Å². The second-order valence-electron chi connectivity index (χ2n) is 4.74. The van der Waals surface area contributed by atoms with Crippen LogP contribution in [0.15, 0.2) is 0 Å². The Hall–Kier alpha value is 0.350. The Morgan fingerprint density at radius 3 is 1.13 bits per heavy atom. The third kappa shape index (κ3) is 4.38. The zero-order valence-electron chi connectivity index (χ0n) is 11.7. The fourth-order valence-electron chi connectivity index (χ4n) is 2.01. The van der Waals surface area contributed by atoms with Crippen LogP contribution in [0.4, 0.5) is 0 Å². The summed E-state index contributed by atoms with van der Waals surface area (Å²) < 4.78 is 5.25. The van der Waals surface area contributed by atoms with E-state index in [1.165, 1.54) is 0 Å². The lowest BCUT2D eigenvalue weighted by Crippen LogP contribution is -2.36. The fraction of sp³-hybridized carbons (Fsp3) is 1.00. The van der Waals surface area contributed by atoms with E-state index in [4.69, 9.17) is 0 Å². The zero-order chi connectivity index (χ0) is 12.1. The van der Waals surface area contributed by atoms with Crippen LogP contribution in [0.2, 0.25) is 0 Å². The lowest BCUT2D eigenvalue weighted by Gasteiger charge is -2.45. The van der Waals surface area contributed by atoms with Gasteiger partial charge in [-0.1, -0.05) is 48.5 Å². The quantitative estimate of drug-likeness (QED) is 0.643. The maximum Gasteiger partial charge on any atom is 0.0451 e. The van der Waals surface area contributed by atoms with Crippen molar-refractivity contribution in [3.05, 3.63) is 0 Å². The first kappa shape index (κ1) is 15.3. The smallest absolute Gasteiger partial charge is 0.0451 e. The van der Waals surface area contributed by atoms with Gasteiger partial charge in [0.15, 0.2) is 0 Å². The summed E-state index contributed by atoms with van der Waals surface area (Å²) in [6.45, 7) is 20.8. The number of hydrogen-bond acceptors (Lipinski definition) is 2. The Bertz CT molecular complexity index is 145. The minimum absolute atomic E-state index is 0.162. The second-order valence-corrected chi connectivity index (χ2v) is 7.79. The Morgan fingerprint density at radius 1 is 0.733 bits per heavy atom. The van der Waals surface area contributed by atoms with E-state index >= 15 is 0 Å². The van der Waals surface area contributed by atoms with Crippen molar-refractivity contribution in [1.82, 2.24) is 9.34 Å². The summed E-state index contributed by atoms with van der Waals surface area (Å²) in [6.07, 6.45) is 0. The number of rotatable bonds is 6. The van der Waals surface area contributed by atoms with Crippen LogP contribution in [-0.4, -0.2) is 40.7 Å². The SMILES string of the molecule is CCN(CC)P(N(CC)CC)C(C)(C)C. The van der Waals surface area contributed by atoms with E-state index in [9.17, 15) is 0 Å². The van der Waals surface area contributed by atoms with E-state index < -0.39 is 0 Å². The minimum atomic E-state index is -0.162. The average molecular weight is 232 g/mol. The molecule has 0 fully saturated rings. The monoisotopic (exact) mass is 232 g/mol. The van der Waals surface area contributed by atoms with Crippen molar-refractivity contribution >= 4 is 8.22 Å². The summed E-state index contributed by atoms with van der Waals surface area (Å²) in [4.78, 5) is 0. The van der Waals surface area contributed by atoms with Gasteiger partial charge in [-0.25, -0.2) is 0 Å². The first-order valence-electron chi connectivity index (χ1n) is 6.22. The minimum Gasteiger partial charge on any atom is -0.270 e. The highest BCUT2D eigenvalue weighted by Crippen LogP contribution is 2.54. The molecule has 0 aromatic rings. The van der Waals surface area contributed by atoms with Crippen molar-refractivity contribution in [3.63, 3.8) is 0 Å². The molecule has 0 amide bonds. The molecule has 0 aliphatic carbocycles. The highest BCUT2D eigenvalue weighted by molar-refractivity contribution is 7.54. The van der Waals surface area contributed by atoms with Gasteiger partial charge in [-0.2, -0.15) is 0 Å². The van der Waals surface area contributed by atoms with Crippen LogP contribution in [-0.2, 0) is 0 Å². The molecule has 0 radical (unpaired) electrons. The molecule has 0 aliphatic heterocycles. The molecule has 0 aromatic heterocycles. The van der Waals surface area contributed by atoms with Crippen LogP contribution < -0.4 is 0 Å². The largest absolute Gasteiger partial charge is 0.270 e. The van der Waals surface area contributed by atoms with Gasteiger partial charge in [-0.3, -0.25) is 9.34 Å². The lowest BCUT2D eigenvalue weighted by molar-refractivity contribution is 0.403. The standard InChI is InChI=1S/C12H29N2P/c1-8-13(9-2)15(12(5,6)7)14(10-3)11-4/h8-11H2,1-7H3. The molecule has 2 nitrogen and oxygen atoms in total. The molecular weight excluding hydrogens is 203 g/mol. The topological polar surface area (TPSA) is 6.48 Å². The first-order chi connectivity index (χ1) is 6.92. The Balaban J connectivity index is 4.85. The van der Waals surface area contributed by atoms with E-state index in [0.717, 1.165) is 26.2 Å². The first-order valence-corrected chi connectivity index (χ1v) is 7.46. The molecule has 0 saturated carbocycles. The lowest BCUT2D eigenvalue weighted by atomic mass is 10.3. The molecule has 0 atom stereocenters. The van der Waals surface area contributed by atoms with Crippen LogP contribution in [0.25, 0.3) is 0 Å². The maximum absolute atomic E-state index is 2.63. The highest BCUT2D eigenvalue weighted by Gasteiger charge is 2.32. The fourth-order valence-corrected chi connectivity index (χ4v) is 5.14. The van der Waals surface area contributed by atoms with Gasteiger partial charge in [0.1, 0.15) is 0 Å². The van der Waals surface area contributed by atoms with Gasteiger partial charge in [0.05, 0.1) is 0 Å². The molecule has 0 saturated heterocycles. The van der Waals surface area contributed by atoms with Crippen molar-refractivity contribution in [3.8, 4) is 0 Å². The van der Waals surface area contributed by atoms with Crippen LogP contribution in [0.3, 0.4) is 0 Å². The van der Waals surface area contributed by atoms with Crippen molar-refractivity contribution in [2.75, 3.05) is 26.2 Å². The van der Waals surface area contributed by atoms with Gasteiger partial charge >= 0.3 is 0 Å². The van der Waals surface area contributed by atoms with Gasteiger partial charge in [0.25, 0.3) is 0 Å². The van der Waals surface area contributed by atoms with Gasteiger partial charge in [-0.15, -0.1) is 0 Å². The molecule has 92 valence electrons. The summed E-state index contributed by atoms with van der Waals surface area (Å²) in [5, 5.41) is 0.382. The Kier molecular flexibility index (Phi) is 6.99. The summed E-state index contributed by atoms with van der Waals surface area (Å²) >= 11 is 0. The summed E-state index contributed by atoms with van der Waals surface area (Å²) in [6, 6.07) is 0. The van der Waals surface area contributed by atoms with Gasteiger partial charge in [0.2, 0.25) is 0 Å². The third-order valence-electron chi connectivity index (χ3n) is 2.60. The molecular formula is C12H29N2P. The number of hydrogen-bond donors (Lipinski definition) is 0. The molecule has 0 rings (SSSR count). The van der Waals surface area contributed by atoms with Gasteiger partial charge < -0.3 is 0 Å². The predicted molar refractivity (Wildman–Crippen MR) is 72.5 cm³/mol. The van der Waals surface area contributed by atoms with Crippen LogP contribution >= 0.6 is 8.22 Å². The van der Waals surface area contributed by atoms with E-state index in [2.05, 4.69) is 57.8 Å². The normalized spacial score (nSPS) is 13.2. The summed E-state index contributed by atoms with van der Waals surface area (Å²) in [5.74, 6) is 0. The zero-order valence-corrected chi connectivity index (χ0v) is 12.6. The van der Waals surface area contributed by atoms with E-state index in [0.29, 0.717) is 5.16 Å². The van der Waals surface area contributed by atoms with Crippen molar-refractivity contribution < 1.29 is 0 Å². The van der Waals surface area contributed by atoms with Crippen molar-refractivity contribution in [2.45, 2.75) is 53.6 Å². The predicted octanol–water partition coefficient (Wildman–Crippen LogP) is 3.78. The summed E-state index contributed by atoms with van der Waals surface area (Å²) in [5.41, 5.74) is 0. The average Bonchev–Trinajstić information content (AvgIpc) is 2.17. The molecule has 0 aliphatic rings. The second kappa shape index (κ2) is 6.83. The Morgan fingerprint density at radius 2 is 1.00 bits per heavy atom. The van der Waals surface area contributed by atoms with Crippen LogP contribution in [0.1, 0.15) is 48.5 Å². The summed E-state index contributed by atoms with van der Waals surface area (Å²) in [7, 11) is -0.162. The molecule has 0 aromatic carbocycles. The van der Waals surface area contributed by atoms with Crippen molar-refractivity contribution in [2.24, 2.45) is 0 Å². The van der Waals surface area contributed by atoms with Gasteiger partial charge in [0, 0.05) is 39.6 Å². The maximum atomic E-state index is 2.63. The molecule has 0 unspecified atom stereocenters. The van der Waals surface area contributed by atoms with Crippen LogP contribution in [0, 0.1) is 0 Å². The molecule has 0 spiro atoms.